The van der Waals surface area contributed by atoms with Gasteiger partial charge in [-0.25, -0.2) is 0 Å². The van der Waals surface area contributed by atoms with Crippen LogP contribution in [0.15, 0.2) is 21.0 Å². The predicted octanol–water partition coefficient (Wildman–Crippen LogP) is 3.49. The van der Waals surface area contributed by atoms with Crippen LogP contribution in [0.4, 0.5) is 5.69 Å². The Morgan fingerprint density at radius 2 is 2.17 bits per heavy atom. The van der Waals surface area contributed by atoms with Crippen LogP contribution in [-0.4, -0.2) is 19.1 Å². The van der Waals surface area contributed by atoms with Crippen molar-refractivity contribution in [2.75, 3.05) is 11.4 Å². The molecule has 0 unspecified atom stereocenters. The second-order valence-electron chi connectivity index (χ2n) is 3.84. The molecular formula is C12H10BrNO3S. The standard InChI is InChI=1S/C12H10BrNO3S/c1-6(16)12-8(5-15)7-3-9(13)10(14(2)18)4-11(7)17-12/h3-5,18H,1-2H3. The van der Waals surface area contributed by atoms with Crippen LogP contribution in [0.5, 0.6) is 0 Å². The molecule has 0 atom stereocenters. The van der Waals surface area contributed by atoms with E-state index in [4.69, 9.17) is 4.42 Å². The van der Waals surface area contributed by atoms with Gasteiger partial charge < -0.3 is 8.72 Å². The van der Waals surface area contributed by atoms with Crippen molar-refractivity contribution >= 4 is 57.5 Å². The number of carbonyl (C=O) groups excluding carboxylic acids is 2. The van der Waals surface area contributed by atoms with E-state index in [2.05, 4.69) is 28.7 Å². The lowest BCUT2D eigenvalue weighted by Crippen LogP contribution is -2.01. The zero-order valence-electron chi connectivity index (χ0n) is 9.73. The van der Waals surface area contributed by atoms with E-state index in [1.54, 1.807) is 23.5 Å². The highest BCUT2D eigenvalue weighted by Crippen LogP contribution is 2.35. The van der Waals surface area contributed by atoms with Crippen LogP contribution in [0.1, 0.15) is 27.8 Å². The Balaban J connectivity index is 2.81. The Labute approximate surface area is 118 Å². The summed E-state index contributed by atoms with van der Waals surface area (Å²) in [5, 5.41) is 0.612. The smallest absolute Gasteiger partial charge is 0.195 e. The number of fused-ring (bicyclic) bond motifs is 1. The van der Waals surface area contributed by atoms with Gasteiger partial charge in [-0.15, -0.1) is 0 Å². The molecule has 2 aromatic rings. The van der Waals surface area contributed by atoms with E-state index in [-0.39, 0.29) is 17.1 Å². The Morgan fingerprint density at radius 1 is 1.50 bits per heavy atom. The van der Waals surface area contributed by atoms with E-state index < -0.39 is 0 Å². The van der Waals surface area contributed by atoms with Crippen molar-refractivity contribution < 1.29 is 14.0 Å². The molecule has 1 aromatic heterocycles. The minimum absolute atomic E-state index is 0.0888. The van der Waals surface area contributed by atoms with Crippen molar-refractivity contribution in [2.24, 2.45) is 0 Å². The van der Waals surface area contributed by atoms with Crippen molar-refractivity contribution in [1.29, 1.82) is 0 Å². The number of carbonyl (C=O) groups is 2. The number of anilines is 1. The first-order chi connectivity index (χ1) is 8.45. The van der Waals surface area contributed by atoms with Gasteiger partial charge in [0, 0.05) is 29.9 Å². The Morgan fingerprint density at radius 3 is 2.67 bits per heavy atom. The Kier molecular flexibility index (Phi) is 3.49. The van der Waals surface area contributed by atoms with Crippen molar-refractivity contribution in [3.63, 3.8) is 0 Å². The van der Waals surface area contributed by atoms with E-state index in [0.29, 0.717) is 17.3 Å². The topological polar surface area (TPSA) is 50.5 Å². The maximum Gasteiger partial charge on any atom is 0.195 e. The molecule has 0 amide bonds. The number of hydrogen-bond donors (Lipinski definition) is 1. The normalized spacial score (nSPS) is 10.7. The molecule has 0 saturated heterocycles. The van der Waals surface area contributed by atoms with Gasteiger partial charge in [-0.05, 0) is 22.0 Å². The number of benzene rings is 1. The maximum atomic E-state index is 11.4. The average molecular weight is 328 g/mol. The largest absolute Gasteiger partial charge is 0.452 e. The molecule has 0 N–H and O–H groups in total. The minimum Gasteiger partial charge on any atom is -0.452 e. The number of aldehydes is 1. The second kappa shape index (κ2) is 4.78. The molecule has 0 fully saturated rings. The number of ketones is 1. The van der Waals surface area contributed by atoms with E-state index in [1.165, 1.54) is 6.92 Å². The number of rotatable bonds is 3. The maximum absolute atomic E-state index is 11.4. The molecule has 0 radical (unpaired) electrons. The lowest BCUT2D eigenvalue weighted by atomic mass is 10.1. The quantitative estimate of drug-likeness (QED) is 0.532. The summed E-state index contributed by atoms with van der Waals surface area (Å²) in [6.45, 7) is 1.37. The molecule has 6 heteroatoms. The molecule has 1 aromatic carbocycles. The Hall–Kier alpha value is -1.27. The lowest BCUT2D eigenvalue weighted by Gasteiger charge is -2.12. The van der Waals surface area contributed by atoms with E-state index >= 15 is 0 Å². The molecule has 0 aliphatic carbocycles. The zero-order chi connectivity index (χ0) is 13.4. The summed E-state index contributed by atoms with van der Waals surface area (Å²) in [5.74, 6) is -0.184. The second-order valence-corrected chi connectivity index (χ2v) is 5.30. The summed E-state index contributed by atoms with van der Waals surface area (Å²) in [5.41, 5.74) is 1.56. The van der Waals surface area contributed by atoms with E-state index in [9.17, 15) is 9.59 Å². The number of hydrogen-bond acceptors (Lipinski definition) is 5. The fraction of sp³-hybridized carbons (Fsp3) is 0.167. The van der Waals surface area contributed by atoms with Crippen LogP contribution in [0, 0.1) is 0 Å². The van der Waals surface area contributed by atoms with Crippen molar-refractivity contribution in [2.45, 2.75) is 6.92 Å². The third kappa shape index (κ3) is 2.06. The molecule has 1 heterocycles. The zero-order valence-corrected chi connectivity index (χ0v) is 12.2. The lowest BCUT2D eigenvalue weighted by molar-refractivity contribution is 0.0981. The monoisotopic (exact) mass is 327 g/mol. The van der Waals surface area contributed by atoms with Gasteiger partial charge in [0.1, 0.15) is 5.58 Å². The van der Waals surface area contributed by atoms with Gasteiger partial charge in [0.05, 0.1) is 11.3 Å². The van der Waals surface area contributed by atoms with Gasteiger partial charge in [0.15, 0.2) is 17.8 Å². The molecule has 4 nitrogen and oxygen atoms in total. The molecule has 0 saturated carbocycles. The summed E-state index contributed by atoms with van der Waals surface area (Å²) < 4.78 is 7.82. The molecule has 2 rings (SSSR count). The summed E-state index contributed by atoms with van der Waals surface area (Å²) in [6, 6.07) is 3.48. The van der Waals surface area contributed by atoms with Crippen molar-refractivity contribution in [1.82, 2.24) is 0 Å². The number of furan rings is 1. The average Bonchev–Trinajstić information content (AvgIpc) is 2.65. The summed E-state index contributed by atoms with van der Waals surface area (Å²) in [4.78, 5) is 22.5. The number of thiol groups is 1. The van der Waals surface area contributed by atoms with Crippen LogP contribution >= 0.6 is 28.7 Å². The first kappa shape index (κ1) is 13.2. The van der Waals surface area contributed by atoms with Gasteiger partial charge in [-0.2, -0.15) is 0 Å². The fourth-order valence-corrected chi connectivity index (χ4v) is 2.66. The number of halogens is 1. The SMILES string of the molecule is CC(=O)c1oc2cc(N(C)S)c(Br)cc2c1C=O. The van der Waals surface area contributed by atoms with Crippen LogP contribution < -0.4 is 4.31 Å². The van der Waals surface area contributed by atoms with Crippen LogP contribution in [0.25, 0.3) is 11.0 Å². The van der Waals surface area contributed by atoms with Gasteiger partial charge in [-0.1, -0.05) is 12.8 Å². The highest BCUT2D eigenvalue weighted by Gasteiger charge is 2.19. The third-order valence-corrected chi connectivity index (χ3v) is 3.43. The molecule has 0 spiro atoms. The van der Waals surface area contributed by atoms with Crippen molar-refractivity contribution in [3.05, 3.63) is 27.9 Å². The van der Waals surface area contributed by atoms with Crippen LogP contribution in [0.2, 0.25) is 0 Å². The van der Waals surface area contributed by atoms with Gasteiger partial charge in [-0.3, -0.25) is 9.59 Å². The highest BCUT2D eigenvalue weighted by molar-refractivity contribution is 9.10. The highest BCUT2D eigenvalue weighted by atomic mass is 79.9. The first-order valence-corrected chi connectivity index (χ1v) is 6.29. The van der Waals surface area contributed by atoms with E-state index in [1.807, 2.05) is 0 Å². The molecule has 0 bridgehead atoms. The molecule has 94 valence electrons. The molecule has 0 aliphatic rings. The predicted molar refractivity (Wildman–Crippen MR) is 76.7 cm³/mol. The number of nitrogens with zero attached hydrogens (tertiary/aromatic N) is 1. The molecule has 18 heavy (non-hydrogen) atoms. The van der Waals surface area contributed by atoms with Crippen molar-refractivity contribution in [3.8, 4) is 0 Å². The van der Waals surface area contributed by atoms with Gasteiger partial charge >= 0.3 is 0 Å². The van der Waals surface area contributed by atoms with Crippen LogP contribution in [-0.2, 0) is 0 Å². The summed E-state index contributed by atoms with van der Waals surface area (Å²) >= 11 is 7.60. The van der Waals surface area contributed by atoms with E-state index in [0.717, 1.165) is 10.2 Å². The van der Waals surface area contributed by atoms with Gasteiger partial charge in [0.25, 0.3) is 0 Å². The van der Waals surface area contributed by atoms with Crippen LogP contribution in [0.3, 0.4) is 0 Å². The summed E-state index contributed by atoms with van der Waals surface area (Å²) in [6.07, 6.45) is 0.638. The fourth-order valence-electron chi connectivity index (χ4n) is 1.75. The Bertz CT molecular complexity index is 648. The molecular weight excluding hydrogens is 318 g/mol. The number of Topliss-reactive ketones (excluding diaryl/α,β-unsaturated/α-hetero) is 1. The first-order valence-electron chi connectivity index (χ1n) is 5.10. The third-order valence-electron chi connectivity index (χ3n) is 2.58. The van der Waals surface area contributed by atoms with Gasteiger partial charge in [0.2, 0.25) is 0 Å². The summed E-state index contributed by atoms with van der Waals surface area (Å²) in [7, 11) is 1.77. The molecule has 0 aliphatic heterocycles. The minimum atomic E-state index is -0.273.